The van der Waals surface area contributed by atoms with Crippen LogP contribution in [0.5, 0.6) is 0 Å². The molecule has 0 spiro atoms. The lowest BCUT2D eigenvalue weighted by atomic mass is 10.2. The summed E-state index contributed by atoms with van der Waals surface area (Å²) >= 11 is 11.9. The lowest BCUT2D eigenvalue weighted by Gasteiger charge is -2.09. The molecule has 0 atom stereocenters. The Morgan fingerprint density at radius 2 is 1.64 bits per heavy atom. The van der Waals surface area contributed by atoms with Crippen LogP contribution in [0.25, 0.3) is 11.6 Å². The Morgan fingerprint density at radius 1 is 0.976 bits per heavy atom. The molecular formula is C23H18Cl2F2N12O3. The van der Waals surface area contributed by atoms with E-state index < -0.39 is 23.5 Å². The van der Waals surface area contributed by atoms with Crippen molar-refractivity contribution in [2.75, 3.05) is 18.6 Å². The molecule has 5 aromatic rings. The maximum Gasteiger partial charge on any atom is 0.360 e. The lowest BCUT2D eigenvalue weighted by molar-refractivity contribution is 0.0594. The van der Waals surface area contributed by atoms with E-state index >= 15 is 0 Å². The summed E-state index contributed by atoms with van der Waals surface area (Å²) < 4.78 is 33.6. The minimum absolute atomic E-state index is 0.0169. The molecule has 0 aliphatic carbocycles. The van der Waals surface area contributed by atoms with Crippen LogP contribution in [0, 0.1) is 11.6 Å². The van der Waals surface area contributed by atoms with E-state index in [0.29, 0.717) is 0 Å². The van der Waals surface area contributed by atoms with Crippen molar-refractivity contribution in [2.45, 2.75) is 6.54 Å². The number of hydrogen-bond acceptors (Lipinski definition) is 12. The molecule has 0 aliphatic heterocycles. The Morgan fingerprint density at radius 3 is 2.24 bits per heavy atom. The molecule has 0 aliphatic rings. The van der Waals surface area contributed by atoms with E-state index in [-0.39, 0.29) is 57.1 Å². The number of nitrogens with zero attached hydrogens (tertiary/aromatic N) is 9. The molecule has 4 aromatic heterocycles. The number of halogens is 4. The van der Waals surface area contributed by atoms with Crippen molar-refractivity contribution >= 4 is 46.7 Å². The van der Waals surface area contributed by atoms with Gasteiger partial charge in [-0.2, -0.15) is 14.9 Å². The van der Waals surface area contributed by atoms with Gasteiger partial charge in [0.2, 0.25) is 0 Å². The molecule has 19 heteroatoms. The van der Waals surface area contributed by atoms with Gasteiger partial charge < -0.3 is 21.5 Å². The van der Waals surface area contributed by atoms with Crippen LogP contribution in [0.1, 0.15) is 26.5 Å². The molecule has 42 heavy (non-hydrogen) atoms. The molecule has 0 fully saturated rings. The molecule has 0 unspecified atom stereocenters. The van der Waals surface area contributed by atoms with E-state index in [0.717, 1.165) is 12.1 Å². The zero-order valence-electron chi connectivity index (χ0n) is 21.2. The second-order valence-electron chi connectivity index (χ2n) is 7.84. The number of rotatable bonds is 6. The third-order valence-corrected chi connectivity index (χ3v) is 5.64. The number of esters is 1. The average molecular weight is 619 g/mol. The zero-order valence-corrected chi connectivity index (χ0v) is 22.8. The number of hydrogen-bond donors (Lipinski definition) is 3. The van der Waals surface area contributed by atoms with E-state index in [1.165, 1.54) is 35.2 Å². The maximum absolute atomic E-state index is 13.6. The quantitative estimate of drug-likeness (QED) is 0.234. The van der Waals surface area contributed by atoms with Gasteiger partial charge in [-0.1, -0.05) is 29.3 Å². The highest BCUT2D eigenvalue weighted by molar-refractivity contribution is 6.31. The van der Waals surface area contributed by atoms with Gasteiger partial charge in [0.05, 0.1) is 7.11 Å². The smallest absolute Gasteiger partial charge is 0.360 e. The molecule has 4 heterocycles. The fourth-order valence-corrected chi connectivity index (χ4v) is 3.61. The molecule has 0 radical (unpaired) electrons. The third-order valence-electron chi connectivity index (χ3n) is 5.13. The Balaban J connectivity index is 0.000000208. The summed E-state index contributed by atoms with van der Waals surface area (Å²) in [7, 11) is 1.22. The standard InChI is InChI=1S/C14H10ClF2N7O.C9H8ClN5O2/c15-11-13(24-6-19-5-21-24)23-12(18)10(22-11)14(25)20-4-7-1-2-8(16)3-9(7)17;1-17-9(16)5-7(11)14-8(6(10)13-5)15-4-2-3-12-15/h1-3,5-6H,4H2,(H2,18,23)(H,20,25);2-4H,1H3,(H2,11,14). The molecule has 5 rings (SSSR count). The fourth-order valence-electron chi connectivity index (χ4n) is 3.18. The van der Waals surface area contributed by atoms with E-state index in [1.54, 1.807) is 18.5 Å². The number of benzene rings is 1. The predicted molar refractivity (Wildman–Crippen MR) is 144 cm³/mol. The number of aromatic nitrogens is 9. The number of anilines is 2. The van der Waals surface area contributed by atoms with Gasteiger partial charge in [0, 0.05) is 30.6 Å². The van der Waals surface area contributed by atoms with Crippen molar-refractivity contribution < 1.29 is 23.1 Å². The summed E-state index contributed by atoms with van der Waals surface area (Å²) in [6.07, 6.45) is 5.80. The summed E-state index contributed by atoms with van der Waals surface area (Å²) in [6, 6.07) is 4.73. The average Bonchev–Trinajstić information content (AvgIpc) is 3.70. The number of nitrogen functional groups attached to an aromatic ring is 2. The summed E-state index contributed by atoms with van der Waals surface area (Å²) in [4.78, 5) is 42.9. The minimum atomic E-state index is -0.779. The second kappa shape index (κ2) is 12.9. The number of carbonyl (C=O) groups is 2. The molecule has 216 valence electrons. The minimum Gasteiger partial charge on any atom is -0.464 e. The predicted octanol–water partition coefficient (Wildman–Crippen LogP) is 2.19. The summed E-state index contributed by atoms with van der Waals surface area (Å²) in [5, 5.41) is 10.1. The van der Waals surface area contributed by atoms with Crippen LogP contribution in [-0.4, -0.2) is 63.5 Å². The third kappa shape index (κ3) is 6.70. The number of nitrogens with two attached hydrogens (primary N) is 2. The van der Waals surface area contributed by atoms with Crippen molar-refractivity contribution in [3.05, 3.63) is 88.2 Å². The molecule has 5 N–H and O–H groups in total. The first-order valence-electron chi connectivity index (χ1n) is 11.4. The van der Waals surface area contributed by atoms with Crippen LogP contribution in [0.2, 0.25) is 10.3 Å². The molecule has 0 bridgehead atoms. The van der Waals surface area contributed by atoms with Crippen molar-refractivity contribution in [3.8, 4) is 11.6 Å². The van der Waals surface area contributed by atoms with Crippen LogP contribution in [0.4, 0.5) is 20.4 Å². The van der Waals surface area contributed by atoms with Gasteiger partial charge in [0.25, 0.3) is 5.91 Å². The highest BCUT2D eigenvalue weighted by atomic mass is 35.5. The van der Waals surface area contributed by atoms with Gasteiger partial charge in [-0.25, -0.2) is 43.2 Å². The van der Waals surface area contributed by atoms with Crippen molar-refractivity contribution in [1.29, 1.82) is 0 Å². The Kier molecular flexibility index (Phi) is 9.13. The fraction of sp³-hybridized carbons (Fsp3) is 0.0870. The van der Waals surface area contributed by atoms with E-state index in [1.807, 2.05) is 0 Å². The largest absolute Gasteiger partial charge is 0.464 e. The SMILES string of the molecule is COC(=O)c1nc(Cl)c(-n2cccn2)nc1N.Nc1nc(-n2cncn2)c(Cl)nc1C(=O)NCc1ccc(F)cc1F. The Bertz CT molecular complexity index is 1740. The van der Waals surface area contributed by atoms with Crippen LogP contribution < -0.4 is 16.8 Å². The van der Waals surface area contributed by atoms with Crippen LogP contribution in [0.3, 0.4) is 0 Å². The second-order valence-corrected chi connectivity index (χ2v) is 8.56. The van der Waals surface area contributed by atoms with Crippen molar-refractivity contribution in [3.63, 3.8) is 0 Å². The molecule has 0 saturated heterocycles. The number of methoxy groups -OCH3 is 1. The summed E-state index contributed by atoms with van der Waals surface area (Å²) in [5.41, 5.74) is 11.1. The topological polar surface area (TPSA) is 208 Å². The molecule has 1 amide bonds. The molecule has 0 saturated carbocycles. The van der Waals surface area contributed by atoms with Gasteiger partial charge in [0.15, 0.2) is 45.0 Å². The zero-order chi connectivity index (χ0) is 30.4. The van der Waals surface area contributed by atoms with Gasteiger partial charge in [-0.3, -0.25) is 4.79 Å². The van der Waals surface area contributed by atoms with Crippen molar-refractivity contribution in [2.24, 2.45) is 0 Å². The highest BCUT2D eigenvalue weighted by Gasteiger charge is 2.19. The number of amides is 1. The molecule has 15 nitrogen and oxygen atoms in total. The van der Waals surface area contributed by atoms with Crippen LogP contribution in [-0.2, 0) is 11.3 Å². The van der Waals surface area contributed by atoms with Crippen molar-refractivity contribution in [1.82, 2.24) is 49.8 Å². The van der Waals surface area contributed by atoms with E-state index in [4.69, 9.17) is 34.7 Å². The monoisotopic (exact) mass is 618 g/mol. The Labute approximate surface area is 244 Å². The first-order valence-corrected chi connectivity index (χ1v) is 12.2. The van der Waals surface area contributed by atoms with Gasteiger partial charge >= 0.3 is 5.97 Å². The van der Waals surface area contributed by atoms with E-state index in [2.05, 4.69) is 45.2 Å². The summed E-state index contributed by atoms with van der Waals surface area (Å²) in [5.74, 6) is -2.78. The van der Waals surface area contributed by atoms with Gasteiger partial charge in [-0.05, 0) is 12.1 Å². The van der Waals surface area contributed by atoms with Gasteiger partial charge in [-0.15, -0.1) is 0 Å². The summed E-state index contributed by atoms with van der Waals surface area (Å²) in [6.45, 7) is -0.186. The number of carbonyl (C=O) groups excluding carboxylic acids is 2. The normalized spacial score (nSPS) is 10.5. The van der Waals surface area contributed by atoms with Crippen LogP contribution >= 0.6 is 23.2 Å². The van der Waals surface area contributed by atoms with Crippen LogP contribution in [0.15, 0.2) is 49.3 Å². The lowest BCUT2D eigenvalue weighted by Crippen LogP contribution is -2.26. The number of ether oxygens (including phenoxy) is 1. The molecule has 1 aromatic carbocycles. The van der Waals surface area contributed by atoms with Gasteiger partial charge in [0.1, 0.15) is 24.3 Å². The maximum atomic E-state index is 13.6. The first-order chi connectivity index (χ1) is 20.1. The van der Waals surface area contributed by atoms with E-state index in [9.17, 15) is 18.4 Å². The number of nitrogens with one attached hydrogen (secondary N) is 1. The highest BCUT2D eigenvalue weighted by Crippen LogP contribution is 2.20. The first kappa shape index (κ1) is 29.7. The molecular weight excluding hydrogens is 601 g/mol. The Hall–Kier alpha value is -5.29.